The van der Waals surface area contributed by atoms with Gasteiger partial charge in [0.1, 0.15) is 17.4 Å². The number of likely N-dealkylation sites (tertiary alicyclic amines) is 1. The third-order valence-corrected chi connectivity index (χ3v) is 6.54. The van der Waals surface area contributed by atoms with E-state index < -0.39 is 0 Å². The number of amides is 1. The number of aryl methyl sites for hydroxylation is 1. The highest BCUT2D eigenvalue weighted by molar-refractivity contribution is 5.93. The molecule has 2 aliphatic heterocycles. The molecule has 0 saturated carbocycles. The van der Waals surface area contributed by atoms with E-state index in [0.717, 1.165) is 61.0 Å². The standard InChI is InChI=1S/C24H31N7O2/c1-4-20-22(26-28-31(20)18-7-9-19(10-8-18)33-16(2)3)24(32)29-14-11-17(12-15-29)23-27-25-21-6-5-13-30(21)23/h7-10,16-17H,4-6,11-15H2,1-3H3. The predicted octanol–water partition coefficient (Wildman–Crippen LogP) is 3.17. The Morgan fingerprint density at radius 2 is 1.85 bits per heavy atom. The highest BCUT2D eigenvalue weighted by Crippen LogP contribution is 2.30. The Morgan fingerprint density at radius 1 is 1.09 bits per heavy atom. The Balaban J connectivity index is 1.29. The normalized spacial score (nSPS) is 16.4. The molecule has 9 heteroatoms. The summed E-state index contributed by atoms with van der Waals surface area (Å²) in [6.45, 7) is 8.44. The summed E-state index contributed by atoms with van der Waals surface area (Å²) in [4.78, 5) is 15.2. The Morgan fingerprint density at radius 3 is 2.55 bits per heavy atom. The number of ether oxygens (including phenoxy) is 1. The molecule has 9 nitrogen and oxygen atoms in total. The van der Waals surface area contributed by atoms with Gasteiger partial charge in [0.15, 0.2) is 5.69 Å². The molecule has 0 bridgehead atoms. The quantitative estimate of drug-likeness (QED) is 0.574. The van der Waals surface area contributed by atoms with Gasteiger partial charge in [0.05, 0.1) is 17.5 Å². The van der Waals surface area contributed by atoms with E-state index in [9.17, 15) is 4.79 Å². The van der Waals surface area contributed by atoms with Gasteiger partial charge in [-0.3, -0.25) is 4.79 Å². The summed E-state index contributed by atoms with van der Waals surface area (Å²) < 4.78 is 9.77. The van der Waals surface area contributed by atoms with Gasteiger partial charge in [0, 0.05) is 32.0 Å². The van der Waals surface area contributed by atoms with Crippen molar-refractivity contribution in [1.29, 1.82) is 0 Å². The molecule has 174 valence electrons. The van der Waals surface area contributed by atoms with Crippen molar-refractivity contribution in [3.8, 4) is 11.4 Å². The SMILES string of the molecule is CCc1c(C(=O)N2CCC(c3nnc4n3CCC4)CC2)nnn1-c1ccc(OC(C)C)cc1. The average molecular weight is 450 g/mol. The van der Waals surface area contributed by atoms with Crippen molar-refractivity contribution in [2.24, 2.45) is 0 Å². The fourth-order valence-electron chi connectivity index (χ4n) is 4.90. The van der Waals surface area contributed by atoms with Gasteiger partial charge in [-0.25, -0.2) is 4.68 Å². The predicted molar refractivity (Wildman–Crippen MR) is 123 cm³/mol. The van der Waals surface area contributed by atoms with Gasteiger partial charge in [-0.1, -0.05) is 12.1 Å². The van der Waals surface area contributed by atoms with Crippen LogP contribution in [0, 0.1) is 0 Å². The minimum Gasteiger partial charge on any atom is -0.491 e. The van der Waals surface area contributed by atoms with E-state index in [1.54, 1.807) is 4.68 Å². The minimum absolute atomic E-state index is 0.0391. The number of carbonyl (C=O) groups excluding carboxylic acids is 1. The van der Waals surface area contributed by atoms with Gasteiger partial charge in [-0.2, -0.15) is 0 Å². The molecule has 0 spiro atoms. The highest BCUT2D eigenvalue weighted by atomic mass is 16.5. The molecular weight excluding hydrogens is 418 g/mol. The summed E-state index contributed by atoms with van der Waals surface area (Å²) in [5.41, 5.74) is 2.14. The lowest BCUT2D eigenvalue weighted by atomic mass is 9.95. The Bertz CT molecular complexity index is 1120. The molecule has 2 aliphatic rings. The Kier molecular flexibility index (Phi) is 5.86. The first-order valence-electron chi connectivity index (χ1n) is 12.0. The molecule has 1 fully saturated rings. The molecule has 5 rings (SSSR count). The highest BCUT2D eigenvalue weighted by Gasteiger charge is 2.31. The third-order valence-electron chi connectivity index (χ3n) is 6.54. The molecular formula is C24H31N7O2. The molecule has 0 aliphatic carbocycles. The number of nitrogens with zero attached hydrogens (tertiary/aromatic N) is 7. The second-order valence-corrected chi connectivity index (χ2v) is 9.11. The number of fused-ring (bicyclic) bond motifs is 1. The summed E-state index contributed by atoms with van der Waals surface area (Å²) in [7, 11) is 0. The van der Waals surface area contributed by atoms with E-state index >= 15 is 0 Å². The first kappa shape index (κ1) is 21.6. The van der Waals surface area contributed by atoms with Crippen molar-refractivity contribution in [3.05, 3.63) is 47.3 Å². The number of hydrogen-bond donors (Lipinski definition) is 0. The van der Waals surface area contributed by atoms with Crippen molar-refractivity contribution in [2.75, 3.05) is 13.1 Å². The van der Waals surface area contributed by atoms with Crippen LogP contribution in [0.15, 0.2) is 24.3 Å². The first-order valence-corrected chi connectivity index (χ1v) is 12.0. The molecule has 0 atom stereocenters. The molecule has 0 unspecified atom stereocenters. The fraction of sp³-hybridized carbons (Fsp3) is 0.542. The number of carbonyl (C=O) groups is 1. The van der Waals surface area contributed by atoms with Crippen LogP contribution in [0.1, 0.15) is 73.8 Å². The smallest absolute Gasteiger partial charge is 0.276 e. The van der Waals surface area contributed by atoms with Crippen LogP contribution in [0.5, 0.6) is 5.75 Å². The van der Waals surface area contributed by atoms with Crippen LogP contribution in [0.25, 0.3) is 5.69 Å². The van der Waals surface area contributed by atoms with Crippen molar-refractivity contribution in [1.82, 2.24) is 34.7 Å². The molecule has 4 heterocycles. The summed E-state index contributed by atoms with van der Waals surface area (Å²) in [5.74, 6) is 3.34. The van der Waals surface area contributed by atoms with Gasteiger partial charge in [0.2, 0.25) is 0 Å². The monoisotopic (exact) mass is 449 g/mol. The van der Waals surface area contributed by atoms with Gasteiger partial charge in [-0.05, 0) is 63.8 Å². The summed E-state index contributed by atoms with van der Waals surface area (Å²) in [5, 5.41) is 17.4. The summed E-state index contributed by atoms with van der Waals surface area (Å²) >= 11 is 0. The van der Waals surface area contributed by atoms with Crippen LogP contribution in [-0.4, -0.2) is 59.8 Å². The lowest BCUT2D eigenvalue weighted by Crippen LogP contribution is -2.39. The van der Waals surface area contributed by atoms with Crippen molar-refractivity contribution in [2.45, 2.75) is 71.4 Å². The molecule has 0 N–H and O–H groups in total. The van der Waals surface area contributed by atoms with Gasteiger partial charge >= 0.3 is 0 Å². The first-order chi connectivity index (χ1) is 16.0. The molecule has 1 aromatic carbocycles. The van der Waals surface area contributed by atoms with E-state index in [4.69, 9.17) is 4.74 Å². The van der Waals surface area contributed by atoms with E-state index in [-0.39, 0.29) is 12.0 Å². The topological polar surface area (TPSA) is 91.0 Å². The zero-order valence-electron chi connectivity index (χ0n) is 19.6. The van der Waals surface area contributed by atoms with Gasteiger partial charge in [0.25, 0.3) is 5.91 Å². The molecule has 2 aromatic heterocycles. The lowest BCUT2D eigenvalue weighted by molar-refractivity contribution is 0.0703. The fourth-order valence-corrected chi connectivity index (χ4v) is 4.90. The van der Waals surface area contributed by atoms with Crippen molar-refractivity contribution >= 4 is 5.91 Å². The van der Waals surface area contributed by atoms with Crippen LogP contribution in [-0.2, 0) is 19.4 Å². The summed E-state index contributed by atoms with van der Waals surface area (Å²) in [6.07, 6.45) is 4.76. The Hall–Kier alpha value is -3.23. The number of rotatable bonds is 6. The minimum atomic E-state index is -0.0391. The van der Waals surface area contributed by atoms with Crippen LogP contribution in [0.2, 0.25) is 0 Å². The second-order valence-electron chi connectivity index (χ2n) is 9.11. The maximum Gasteiger partial charge on any atom is 0.276 e. The molecule has 3 aromatic rings. The van der Waals surface area contributed by atoms with Crippen molar-refractivity contribution < 1.29 is 9.53 Å². The van der Waals surface area contributed by atoms with Crippen LogP contribution < -0.4 is 4.74 Å². The summed E-state index contributed by atoms with van der Waals surface area (Å²) in [6, 6.07) is 7.73. The number of piperidine rings is 1. The average Bonchev–Trinajstić information content (AvgIpc) is 3.54. The number of benzene rings is 1. The molecule has 1 amide bonds. The largest absolute Gasteiger partial charge is 0.491 e. The number of aromatic nitrogens is 6. The lowest BCUT2D eigenvalue weighted by Gasteiger charge is -2.31. The van der Waals surface area contributed by atoms with E-state index in [1.807, 2.05) is 49.9 Å². The van der Waals surface area contributed by atoms with E-state index in [2.05, 4.69) is 25.1 Å². The zero-order chi connectivity index (χ0) is 22.9. The number of hydrogen-bond acceptors (Lipinski definition) is 6. The zero-order valence-corrected chi connectivity index (χ0v) is 19.6. The molecule has 0 radical (unpaired) electrons. The van der Waals surface area contributed by atoms with Gasteiger partial charge in [-0.15, -0.1) is 15.3 Å². The van der Waals surface area contributed by atoms with E-state index in [0.29, 0.717) is 31.1 Å². The van der Waals surface area contributed by atoms with Crippen LogP contribution >= 0.6 is 0 Å². The van der Waals surface area contributed by atoms with Gasteiger partial charge < -0.3 is 14.2 Å². The second kappa shape index (κ2) is 8.96. The molecule has 1 saturated heterocycles. The van der Waals surface area contributed by atoms with Crippen LogP contribution in [0.4, 0.5) is 0 Å². The van der Waals surface area contributed by atoms with Crippen molar-refractivity contribution in [3.63, 3.8) is 0 Å². The maximum atomic E-state index is 13.3. The van der Waals surface area contributed by atoms with E-state index in [1.165, 1.54) is 0 Å². The third kappa shape index (κ3) is 4.12. The maximum absolute atomic E-state index is 13.3. The van der Waals surface area contributed by atoms with Crippen LogP contribution in [0.3, 0.4) is 0 Å². The Labute approximate surface area is 193 Å². The molecule has 33 heavy (non-hydrogen) atoms.